The van der Waals surface area contributed by atoms with Crippen LogP contribution in [0, 0.1) is 0 Å². The summed E-state index contributed by atoms with van der Waals surface area (Å²) in [6.07, 6.45) is 0.137. The highest BCUT2D eigenvalue weighted by Gasteiger charge is 2.41. The highest BCUT2D eigenvalue weighted by molar-refractivity contribution is 8.16. The van der Waals surface area contributed by atoms with Crippen LogP contribution in [0.25, 0.3) is 0 Å². The molecule has 0 aromatic heterocycles. The summed E-state index contributed by atoms with van der Waals surface area (Å²) in [4.78, 5) is 35.1. The van der Waals surface area contributed by atoms with Crippen LogP contribution in [0.3, 0.4) is 0 Å². The Hall–Kier alpha value is -3.76. The molecule has 1 amide bonds. The lowest BCUT2D eigenvalue weighted by molar-refractivity contribution is -0.141. The average molecular weight is 552 g/mol. The molecule has 0 fully saturated rings. The zero-order valence-electron chi connectivity index (χ0n) is 22.8. The number of carbonyl (C=O) groups is 2. The van der Waals surface area contributed by atoms with Crippen molar-refractivity contribution >= 4 is 28.8 Å². The molecule has 9 nitrogen and oxygen atoms in total. The topological polar surface area (TPSA) is 89.9 Å². The molecular weight excluding hydrogens is 518 g/mol. The van der Waals surface area contributed by atoms with Gasteiger partial charge in [-0.05, 0) is 35.6 Å². The molecule has 0 saturated heterocycles. The molecule has 0 saturated carbocycles. The minimum absolute atomic E-state index is 0.0515. The van der Waals surface area contributed by atoms with Gasteiger partial charge in [0.05, 0.1) is 44.6 Å². The largest absolute Gasteiger partial charge is 0.497 e. The summed E-state index contributed by atoms with van der Waals surface area (Å²) in [5.74, 6) is 0.607. The van der Waals surface area contributed by atoms with Crippen molar-refractivity contribution in [1.82, 2.24) is 9.80 Å². The van der Waals surface area contributed by atoms with Crippen molar-refractivity contribution in [3.05, 3.63) is 82.0 Å². The molecule has 10 heteroatoms. The zero-order chi connectivity index (χ0) is 27.9. The van der Waals surface area contributed by atoms with E-state index in [2.05, 4.69) is 0 Å². The molecule has 2 aromatic rings. The summed E-state index contributed by atoms with van der Waals surface area (Å²) in [7, 11) is 6.48. The van der Waals surface area contributed by atoms with Gasteiger partial charge >= 0.3 is 5.97 Å². The molecule has 0 radical (unpaired) electrons. The maximum absolute atomic E-state index is 13.4. The Morgan fingerprint density at radius 1 is 1.03 bits per heavy atom. The molecule has 2 heterocycles. The standard InChI is InChI=1S/C29H33N3O6S/c1-19-26(28(34)38-12-11-35-3)27(21-13-23(36-4)16-24(14-21)37-5)32-22(18-39-29(32)30-19)15-25(33)31(2)17-20-9-7-6-8-10-20/h6-10,13-14,16,18,27H,11-12,15,17H2,1-5H3. The number of amides is 1. The average Bonchev–Trinajstić information content (AvgIpc) is 3.33. The van der Waals surface area contributed by atoms with Gasteiger partial charge in [0.25, 0.3) is 0 Å². The number of esters is 1. The fraction of sp³-hybridized carbons (Fsp3) is 0.345. The summed E-state index contributed by atoms with van der Waals surface area (Å²) in [6.45, 7) is 2.67. The minimum Gasteiger partial charge on any atom is -0.497 e. The molecule has 1 unspecified atom stereocenters. The molecular formula is C29H33N3O6S. The van der Waals surface area contributed by atoms with Crippen LogP contribution in [0.4, 0.5) is 0 Å². The van der Waals surface area contributed by atoms with Crippen molar-refractivity contribution in [1.29, 1.82) is 0 Å². The van der Waals surface area contributed by atoms with E-state index in [4.69, 9.17) is 23.9 Å². The van der Waals surface area contributed by atoms with Gasteiger partial charge in [0, 0.05) is 32.5 Å². The van der Waals surface area contributed by atoms with Crippen molar-refractivity contribution in [3.63, 3.8) is 0 Å². The number of rotatable bonds is 11. The fourth-order valence-corrected chi connectivity index (χ4v) is 5.43. The van der Waals surface area contributed by atoms with Crippen LogP contribution in [-0.2, 0) is 25.6 Å². The van der Waals surface area contributed by atoms with Gasteiger partial charge in [0.2, 0.25) is 5.91 Å². The normalized spacial score (nSPS) is 16.3. The van der Waals surface area contributed by atoms with E-state index < -0.39 is 12.0 Å². The predicted molar refractivity (Wildman–Crippen MR) is 150 cm³/mol. The lowest BCUT2D eigenvalue weighted by Gasteiger charge is -2.36. The number of hydrogen-bond donors (Lipinski definition) is 0. The highest BCUT2D eigenvalue weighted by atomic mass is 32.2. The van der Waals surface area contributed by atoms with Gasteiger partial charge in [-0.15, -0.1) is 0 Å². The monoisotopic (exact) mass is 551 g/mol. The molecule has 0 aliphatic carbocycles. The van der Waals surface area contributed by atoms with Crippen LogP contribution >= 0.6 is 11.8 Å². The number of carbonyl (C=O) groups excluding carboxylic acids is 2. The first kappa shape index (κ1) is 28.3. The lowest BCUT2D eigenvalue weighted by atomic mass is 9.93. The van der Waals surface area contributed by atoms with E-state index in [-0.39, 0.29) is 25.5 Å². The van der Waals surface area contributed by atoms with Crippen LogP contribution in [0.15, 0.2) is 75.9 Å². The van der Waals surface area contributed by atoms with Gasteiger partial charge in [0.15, 0.2) is 5.17 Å². The van der Waals surface area contributed by atoms with E-state index in [0.717, 1.165) is 16.8 Å². The quantitative estimate of drug-likeness (QED) is 0.298. The molecule has 2 aliphatic rings. The Morgan fingerprint density at radius 3 is 2.36 bits per heavy atom. The number of methoxy groups -OCH3 is 3. The smallest absolute Gasteiger partial charge is 0.338 e. The van der Waals surface area contributed by atoms with Gasteiger partial charge in [0.1, 0.15) is 18.1 Å². The van der Waals surface area contributed by atoms with Gasteiger partial charge in [-0.1, -0.05) is 42.1 Å². The molecule has 4 rings (SSSR count). The number of fused-ring (bicyclic) bond motifs is 1. The molecule has 0 bridgehead atoms. The maximum atomic E-state index is 13.4. The fourth-order valence-electron chi connectivity index (χ4n) is 4.46. The number of benzene rings is 2. The van der Waals surface area contributed by atoms with Crippen molar-refractivity contribution in [2.45, 2.75) is 25.9 Å². The Labute approximate surface area is 233 Å². The molecule has 39 heavy (non-hydrogen) atoms. The molecule has 0 N–H and O–H groups in total. The van der Waals surface area contributed by atoms with Crippen molar-refractivity contribution < 1.29 is 28.5 Å². The van der Waals surface area contributed by atoms with Gasteiger partial charge < -0.3 is 28.7 Å². The Balaban J connectivity index is 1.68. The lowest BCUT2D eigenvalue weighted by Crippen LogP contribution is -2.38. The molecule has 0 spiro atoms. The van der Waals surface area contributed by atoms with Crippen LogP contribution in [-0.4, -0.2) is 68.4 Å². The second-order valence-electron chi connectivity index (χ2n) is 9.08. The van der Waals surface area contributed by atoms with Crippen LogP contribution in [0.5, 0.6) is 11.5 Å². The highest BCUT2D eigenvalue weighted by Crippen LogP contribution is 2.46. The summed E-state index contributed by atoms with van der Waals surface area (Å²) in [5.41, 5.74) is 3.46. The summed E-state index contributed by atoms with van der Waals surface area (Å²) < 4.78 is 21.6. The molecule has 1 atom stereocenters. The molecule has 2 aliphatic heterocycles. The molecule has 2 aromatic carbocycles. The van der Waals surface area contributed by atoms with E-state index in [0.29, 0.717) is 34.5 Å². The van der Waals surface area contributed by atoms with Crippen molar-refractivity contribution in [3.8, 4) is 11.5 Å². The van der Waals surface area contributed by atoms with Crippen LogP contribution in [0.1, 0.15) is 30.5 Å². The summed E-state index contributed by atoms with van der Waals surface area (Å²) >= 11 is 1.42. The van der Waals surface area contributed by atoms with Crippen LogP contribution < -0.4 is 9.47 Å². The molecule has 206 valence electrons. The first-order valence-electron chi connectivity index (χ1n) is 12.5. The third-order valence-corrected chi connectivity index (χ3v) is 7.34. The van der Waals surface area contributed by atoms with Gasteiger partial charge in [-0.25, -0.2) is 9.79 Å². The van der Waals surface area contributed by atoms with E-state index in [1.54, 1.807) is 46.3 Å². The van der Waals surface area contributed by atoms with Gasteiger partial charge in [-0.3, -0.25) is 4.79 Å². The third kappa shape index (κ3) is 6.46. The Bertz CT molecular complexity index is 1290. The van der Waals surface area contributed by atoms with Crippen molar-refractivity contribution in [2.24, 2.45) is 4.99 Å². The first-order valence-corrected chi connectivity index (χ1v) is 13.4. The van der Waals surface area contributed by atoms with Crippen LogP contribution in [0.2, 0.25) is 0 Å². The Kier molecular flexibility index (Phi) is 9.32. The second kappa shape index (κ2) is 12.9. The van der Waals surface area contributed by atoms with E-state index in [1.165, 1.54) is 11.8 Å². The number of hydrogen-bond acceptors (Lipinski definition) is 9. The SMILES string of the molecule is COCCOC(=O)C1=C(C)N=C2SC=C(CC(=O)N(C)Cc3ccccc3)N2C1c1cc(OC)cc(OC)c1. The van der Waals surface area contributed by atoms with E-state index in [1.807, 2.05) is 52.8 Å². The second-order valence-corrected chi connectivity index (χ2v) is 9.92. The van der Waals surface area contributed by atoms with Gasteiger partial charge in [-0.2, -0.15) is 0 Å². The zero-order valence-corrected chi connectivity index (χ0v) is 23.6. The number of ether oxygens (including phenoxy) is 4. The van der Waals surface area contributed by atoms with E-state index >= 15 is 0 Å². The first-order chi connectivity index (χ1) is 18.9. The van der Waals surface area contributed by atoms with E-state index in [9.17, 15) is 9.59 Å². The summed E-state index contributed by atoms with van der Waals surface area (Å²) in [5, 5.41) is 2.60. The van der Waals surface area contributed by atoms with Crippen molar-refractivity contribution in [2.75, 3.05) is 41.6 Å². The number of allylic oxidation sites excluding steroid dienone is 1. The number of thioether (sulfide) groups is 1. The Morgan fingerprint density at radius 2 is 1.72 bits per heavy atom. The number of amidine groups is 1. The summed E-state index contributed by atoms with van der Waals surface area (Å²) in [6, 6.07) is 14.7. The minimum atomic E-state index is -0.606. The number of aliphatic imine (C=N–C) groups is 1. The number of nitrogens with zero attached hydrogens (tertiary/aromatic N) is 3. The maximum Gasteiger partial charge on any atom is 0.338 e. The predicted octanol–water partition coefficient (Wildman–Crippen LogP) is 4.52. The third-order valence-electron chi connectivity index (χ3n) is 6.45.